The van der Waals surface area contributed by atoms with Crippen LogP contribution in [0.15, 0.2) is 91.0 Å². The highest BCUT2D eigenvalue weighted by Gasteiger charge is 2.19. The van der Waals surface area contributed by atoms with E-state index in [9.17, 15) is 9.59 Å². The monoisotopic (exact) mass is 372 g/mol. The summed E-state index contributed by atoms with van der Waals surface area (Å²) < 4.78 is 0. The van der Waals surface area contributed by atoms with Gasteiger partial charge in [0.25, 0.3) is 0 Å². The first-order chi connectivity index (χ1) is 13.6. The third kappa shape index (κ3) is 5.07. The lowest BCUT2D eigenvalue weighted by Crippen LogP contribution is -2.36. The van der Waals surface area contributed by atoms with Crippen LogP contribution in [-0.4, -0.2) is 18.4 Å². The second-order valence-corrected chi connectivity index (χ2v) is 6.56. The summed E-state index contributed by atoms with van der Waals surface area (Å²) in [5, 5.41) is 0. The van der Waals surface area contributed by atoms with E-state index in [0.717, 1.165) is 16.9 Å². The minimum absolute atomic E-state index is 0.0164. The first-order valence-electron chi connectivity index (χ1n) is 9.37. The van der Waals surface area contributed by atoms with Crippen molar-refractivity contribution < 1.29 is 9.59 Å². The highest BCUT2D eigenvalue weighted by Crippen LogP contribution is 2.19. The molecule has 0 aliphatic rings. The fourth-order valence-electron chi connectivity index (χ4n) is 3.12. The molecular weight excluding hydrogens is 348 g/mol. The SMILES string of the molecule is CC(=O)N(CCC(=O)N(Cc1ccccc1)c1ccccc1)c1ccccc1. The van der Waals surface area contributed by atoms with Crippen LogP contribution >= 0.6 is 0 Å². The Labute approximate surface area is 166 Å². The summed E-state index contributed by atoms with van der Waals surface area (Å²) in [5.74, 6) is -0.0921. The molecular formula is C24H24N2O2. The van der Waals surface area contributed by atoms with Gasteiger partial charge in [0.05, 0.1) is 6.54 Å². The average molecular weight is 372 g/mol. The van der Waals surface area contributed by atoms with Crippen molar-refractivity contribution in [2.45, 2.75) is 19.9 Å². The fraction of sp³-hybridized carbons (Fsp3) is 0.167. The van der Waals surface area contributed by atoms with Crippen LogP contribution in [0.25, 0.3) is 0 Å². The van der Waals surface area contributed by atoms with Gasteiger partial charge in [-0.05, 0) is 29.8 Å². The number of para-hydroxylation sites is 2. The van der Waals surface area contributed by atoms with Crippen LogP contribution in [0.3, 0.4) is 0 Å². The lowest BCUT2D eigenvalue weighted by Gasteiger charge is -2.26. The molecule has 28 heavy (non-hydrogen) atoms. The van der Waals surface area contributed by atoms with Crippen molar-refractivity contribution in [3.63, 3.8) is 0 Å². The standard InChI is InChI=1S/C24H24N2O2/c1-20(27)25(22-13-7-3-8-14-22)18-17-24(28)26(23-15-9-4-10-16-23)19-21-11-5-2-6-12-21/h2-16H,17-19H2,1H3. The molecule has 4 heteroatoms. The number of hydrogen-bond acceptors (Lipinski definition) is 2. The quantitative estimate of drug-likeness (QED) is 0.605. The Morgan fingerprint density at radius 2 is 1.14 bits per heavy atom. The van der Waals surface area contributed by atoms with Gasteiger partial charge in [-0.3, -0.25) is 9.59 Å². The topological polar surface area (TPSA) is 40.6 Å². The van der Waals surface area contributed by atoms with Gasteiger partial charge < -0.3 is 9.80 Å². The van der Waals surface area contributed by atoms with E-state index in [-0.39, 0.29) is 18.2 Å². The van der Waals surface area contributed by atoms with Crippen molar-refractivity contribution >= 4 is 23.2 Å². The zero-order valence-corrected chi connectivity index (χ0v) is 16.0. The zero-order chi connectivity index (χ0) is 19.8. The molecule has 142 valence electrons. The molecule has 0 fully saturated rings. The Morgan fingerprint density at radius 3 is 1.64 bits per heavy atom. The number of hydrogen-bond donors (Lipinski definition) is 0. The van der Waals surface area contributed by atoms with E-state index in [1.165, 1.54) is 6.92 Å². The molecule has 0 saturated heterocycles. The van der Waals surface area contributed by atoms with Crippen LogP contribution < -0.4 is 9.80 Å². The van der Waals surface area contributed by atoms with E-state index in [1.807, 2.05) is 91.0 Å². The normalized spacial score (nSPS) is 10.3. The molecule has 0 heterocycles. The second kappa shape index (κ2) is 9.51. The van der Waals surface area contributed by atoms with Crippen molar-refractivity contribution in [3.8, 4) is 0 Å². The number of rotatable bonds is 7. The molecule has 0 atom stereocenters. The molecule has 0 radical (unpaired) electrons. The number of carbonyl (C=O) groups is 2. The summed E-state index contributed by atoms with van der Waals surface area (Å²) in [6.45, 7) is 2.36. The van der Waals surface area contributed by atoms with Gasteiger partial charge in [-0.25, -0.2) is 0 Å². The maximum absolute atomic E-state index is 13.1. The number of nitrogens with zero attached hydrogens (tertiary/aromatic N) is 2. The van der Waals surface area contributed by atoms with Crippen LogP contribution in [0.2, 0.25) is 0 Å². The molecule has 3 aromatic carbocycles. The van der Waals surface area contributed by atoms with E-state index in [0.29, 0.717) is 13.1 Å². The summed E-state index contributed by atoms with van der Waals surface area (Å²) in [6, 6.07) is 29.0. The van der Waals surface area contributed by atoms with E-state index in [4.69, 9.17) is 0 Å². The maximum atomic E-state index is 13.1. The minimum Gasteiger partial charge on any atom is -0.312 e. The van der Waals surface area contributed by atoms with Gasteiger partial charge in [-0.1, -0.05) is 66.7 Å². The lowest BCUT2D eigenvalue weighted by atomic mass is 10.1. The molecule has 3 aromatic rings. The Hall–Kier alpha value is -3.40. The molecule has 0 aliphatic heterocycles. The minimum atomic E-state index is -0.0756. The lowest BCUT2D eigenvalue weighted by molar-refractivity contribution is -0.118. The molecule has 0 bridgehead atoms. The first-order valence-corrected chi connectivity index (χ1v) is 9.37. The van der Waals surface area contributed by atoms with Crippen molar-refractivity contribution in [1.29, 1.82) is 0 Å². The van der Waals surface area contributed by atoms with Gasteiger partial charge in [0.15, 0.2) is 0 Å². The molecule has 0 aliphatic carbocycles. The van der Waals surface area contributed by atoms with Crippen LogP contribution in [0.5, 0.6) is 0 Å². The number of anilines is 2. The zero-order valence-electron chi connectivity index (χ0n) is 16.0. The van der Waals surface area contributed by atoms with Gasteiger partial charge in [-0.2, -0.15) is 0 Å². The van der Waals surface area contributed by atoms with Crippen LogP contribution in [0.1, 0.15) is 18.9 Å². The summed E-state index contributed by atoms with van der Waals surface area (Å²) in [7, 11) is 0. The van der Waals surface area contributed by atoms with Gasteiger partial charge in [0.2, 0.25) is 11.8 Å². The van der Waals surface area contributed by atoms with Crippen molar-refractivity contribution in [2.75, 3.05) is 16.3 Å². The molecule has 0 unspecified atom stereocenters. The second-order valence-electron chi connectivity index (χ2n) is 6.56. The van der Waals surface area contributed by atoms with Crippen LogP contribution in [0.4, 0.5) is 11.4 Å². The van der Waals surface area contributed by atoms with Crippen LogP contribution in [0, 0.1) is 0 Å². The van der Waals surface area contributed by atoms with Gasteiger partial charge in [-0.15, -0.1) is 0 Å². The van der Waals surface area contributed by atoms with E-state index >= 15 is 0 Å². The number of carbonyl (C=O) groups excluding carboxylic acids is 2. The Bertz CT molecular complexity index is 896. The molecule has 2 amide bonds. The Balaban J connectivity index is 1.76. The van der Waals surface area contributed by atoms with Crippen molar-refractivity contribution in [1.82, 2.24) is 0 Å². The number of amides is 2. The van der Waals surface area contributed by atoms with E-state index < -0.39 is 0 Å². The van der Waals surface area contributed by atoms with E-state index in [1.54, 1.807) is 9.80 Å². The average Bonchev–Trinajstić information content (AvgIpc) is 2.74. The molecule has 0 aromatic heterocycles. The first kappa shape index (κ1) is 19.4. The summed E-state index contributed by atoms with van der Waals surface area (Å²) in [6.07, 6.45) is 0.246. The predicted molar refractivity (Wildman–Crippen MR) is 113 cm³/mol. The van der Waals surface area contributed by atoms with Crippen LogP contribution in [-0.2, 0) is 16.1 Å². The van der Waals surface area contributed by atoms with Crippen molar-refractivity contribution in [3.05, 3.63) is 96.6 Å². The highest BCUT2D eigenvalue weighted by atomic mass is 16.2. The van der Waals surface area contributed by atoms with Gasteiger partial charge >= 0.3 is 0 Å². The smallest absolute Gasteiger partial charge is 0.229 e. The maximum Gasteiger partial charge on any atom is 0.229 e. The highest BCUT2D eigenvalue weighted by molar-refractivity contribution is 5.96. The molecule has 4 nitrogen and oxygen atoms in total. The molecule has 3 rings (SSSR count). The molecule has 0 spiro atoms. The summed E-state index contributed by atoms with van der Waals surface area (Å²) in [5.41, 5.74) is 2.72. The Kier molecular flexibility index (Phi) is 6.58. The predicted octanol–water partition coefficient (Wildman–Crippen LogP) is 4.66. The van der Waals surface area contributed by atoms with Gasteiger partial charge in [0, 0.05) is 31.3 Å². The number of benzene rings is 3. The fourth-order valence-corrected chi connectivity index (χ4v) is 3.12. The third-order valence-electron chi connectivity index (χ3n) is 4.55. The molecule has 0 saturated carbocycles. The Morgan fingerprint density at radius 1 is 0.679 bits per heavy atom. The van der Waals surface area contributed by atoms with Gasteiger partial charge in [0.1, 0.15) is 0 Å². The largest absolute Gasteiger partial charge is 0.312 e. The third-order valence-corrected chi connectivity index (χ3v) is 4.55. The van der Waals surface area contributed by atoms with E-state index in [2.05, 4.69) is 0 Å². The summed E-state index contributed by atoms with van der Waals surface area (Å²) >= 11 is 0. The van der Waals surface area contributed by atoms with Crippen molar-refractivity contribution in [2.24, 2.45) is 0 Å². The molecule has 0 N–H and O–H groups in total. The summed E-state index contributed by atoms with van der Waals surface area (Å²) in [4.78, 5) is 28.6.